The van der Waals surface area contributed by atoms with Crippen LogP contribution in [-0.2, 0) is 63.6 Å². The minimum Gasteiger partial charge on any atom is 0 e. The Kier molecular flexibility index (Phi) is 1090. The smallest absolute Gasteiger partial charge is 0 e. The van der Waals surface area contributed by atoms with E-state index < -0.39 is 0 Å². The first-order chi connectivity index (χ1) is 0. The van der Waals surface area contributed by atoms with Gasteiger partial charge in [-0.3, -0.25) is 0 Å². The van der Waals surface area contributed by atoms with Gasteiger partial charge in [0.2, 0.25) is 0 Å². The Balaban J connectivity index is 0. The molecule has 0 atom stereocenters. The van der Waals surface area contributed by atoms with Crippen LogP contribution in [0.4, 0.5) is 0 Å². The van der Waals surface area contributed by atoms with Crippen molar-refractivity contribution in [2.24, 2.45) is 0 Å². The number of hydrogen-bond donors (Lipinski definition) is 0. The summed E-state index contributed by atoms with van der Waals surface area (Å²) in [5.74, 6) is 0. The van der Waals surface area contributed by atoms with Crippen LogP contribution in [0.3, 0.4) is 0 Å². The molecule has 63 valence electrons. The van der Waals surface area contributed by atoms with E-state index in [1.807, 2.05) is 0 Å². The van der Waals surface area contributed by atoms with Gasteiger partial charge in [0.05, 0.1) is 0 Å². The molecule has 0 heterocycles. The summed E-state index contributed by atoms with van der Waals surface area (Å²) in [7, 11) is 0. The van der Waals surface area contributed by atoms with Gasteiger partial charge in [0.25, 0.3) is 0 Å². The zero-order valence-electron chi connectivity index (χ0n) is 4.40. The van der Waals surface area contributed by atoms with Gasteiger partial charge in [-0.05, 0) is 0 Å². The Labute approximate surface area is 168 Å². The molecule has 0 saturated heterocycles. The molecule has 0 aliphatic heterocycles. The van der Waals surface area contributed by atoms with Gasteiger partial charge in [-0.2, -0.15) is 0 Å². The number of halogens is 5. The van der Waals surface area contributed by atoms with Crippen LogP contribution >= 0.6 is 66.6 Å². The van der Waals surface area contributed by atoms with E-state index in [2.05, 4.69) is 0 Å². The summed E-state index contributed by atoms with van der Waals surface area (Å²) in [6, 6.07) is 0. The average molecular weight is 672 g/mol. The van der Waals surface area contributed by atoms with Crippen molar-refractivity contribution in [3.8, 4) is 0 Å². The average Bonchev–Trinajstić information content (AvgIpc) is 0. The third-order valence-corrected chi connectivity index (χ3v) is 0. The van der Waals surface area contributed by atoms with E-state index in [1.54, 1.807) is 0 Å². The third kappa shape index (κ3) is 74.3. The van der Waals surface area contributed by atoms with Crippen molar-refractivity contribution in [1.82, 2.24) is 0 Å². The normalized spacial score (nSPS) is 0. The molecule has 10 heavy (non-hydrogen) atoms. The van der Waals surface area contributed by atoms with E-state index in [0.717, 1.165) is 0 Å². The SMILES string of the molecule is Br.Cl.Cl.Cl.Cl.[AlH3].[SnH2].[Ta].[Ti].[Zn]. The fourth-order valence-electron chi connectivity index (χ4n) is 0. The van der Waals surface area contributed by atoms with E-state index >= 15 is 0 Å². The molecule has 0 bridgehead atoms. The van der Waals surface area contributed by atoms with Gasteiger partial charge in [-0.1, -0.05) is 0 Å². The first-order valence-corrected chi connectivity index (χ1v) is 0. The largest absolute Gasteiger partial charge is 0 e. The molecule has 0 aliphatic carbocycles. The standard InChI is InChI=1S/Al.BrH.4ClH.Sn.Ta.Ti.Zn.5H/h;5*1H;;;;;;;;;. The van der Waals surface area contributed by atoms with E-state index in [-0.39, 0.29) is 171 Å². The summed E-state index contributed by atoms with van der Waals surface area (Å²) in [6.07, 6.45) is 0. The van der Waals surface area contributed by atoms with Crippen molar-refractivity contribution in [1.29, 1.82) is 0 Å². The first-order valence-electron chi connectivity index (χ1n) is 0. The Morgan fingerprint density at radius 2 is 0.700 bits per heavy atom. The van der Waals surface area contributed by atoms with Crippen LogP contribution in [0.25, 0.3) is 0 Å². The van der Waals surface area contributed by atoms with Gasteiger partial charge >= 0.3 is 23.9 Å². The molecule has 0 saturated carbocycles. The van der Waals surface area contributed by atoms with Gasteiger partial charge in [-0.25, -0.2) is 0 Å². The van der Waals surface area contributed by atoms with E-state index in [9.17, 15) is 0 Å². The quantitative estimate of drug-likeness (QED) is 0.323. The molecule has 0 nitrogen and oxygen atoms in total. The molecule has 0 amide bonds. The van der Waals surface area contributed by atoms with Crippen molar-refractivity contribution in [3.05, 3.63) is 0 Å². The Bertz CT molecular complexity index is 25.2. The summed E-state index contributed by atoms with van der Waals surface area (Å²) in [6.45, 7) is 0. The van der Waals surface area contributed by atoms with Crippen LogP contribution in [0.15, 0.2) is 0 Å². The molecular formula is H10AlBrCl4SnTaTiZn. The number of hydrogen-bond acceptors (Lipinski definition) is 0. The fourth-order valence-corrected chi connectivity index (χ4v) is 0. The molecule has 0 spiro atoms. The van der Waals surface area contributed by atoms with E-state index in [1.165, 1.54) is 0 Å². The predicted molar refractivity (Wildman–Crippen MR) is 57.8 cm³/mol. The summed E-state index contributed by atoms with van der Waals surface area (Å²) >= 11 is 0. The second kappa shape index (κ2) is 93.8. The minimum atomic E-state index is 0. The maximum Gasteiger partial charge on any atom is 0 e. The number of rotatable bonds is 0. The van der Waals surface area contributed by atoms with Crippen LogP contribution in [0.5, 0.6) is 0 Å². The molecule has 0 rings (SSSR count). The van der Waals surface area contributed by atoms with Gasteiger partial charge < -0.3 is 0 Å². The van der Waals surface area contributed by atoms with Crippen molar-refractivity contribution in [2.75, 3.05) is 0 Å². The third-order valence-electron chi connectivity index (χ3n) is 0. The van der Waals surface area contributed by atoms with Crippen molar-refractivity contribution in [2.45, 2.75) is 0 Å². The molecule has 0 fully saturated rings. The van der Waals surface area contributed by atoms with Gasteiger partial charge in [0.1, 0.15) is 0 Å². The first kappa shape index (κ1) is 117. The Morgan fingerprint density at radius 3 is 0.700 bits per heavy atom. The molecule has 3 radical (unpaired) electrons. The van der Waals surface area contributed by atoms with Crippen LogP contribution in [0, 0.1) is 0 Å². The van der Waals surface area contributed by atoms with E-state index in [4.69, 9.17) is 0 Å². The van der Waals surface area contributed by atoms with E-state index in [0.29, 0.717) is 0 Å². The zero-order chi connectivity index (χ0) is 0. The molecule has 0 unspecified atom stereocenters. The van der Waals surface area contributed by atoms with Crippen molar-refractivity contribution in [3.63, 3.8) is 0 Å². The van der Waals surface area contributed by atoms with Crippen molar-refractivity contribution < 1.29 is 63.6 Å². The Hall–Kier alpha value is 5.05. The topological polar surface area (TPSA) is 0 Å². The molecular weight excluding hydrogens is 662 g/mol. The molecule has 0 aliphatic rings. The zero-order valence-corrected chi connectivity index (χ0v) is 21.2. The van der Waals surface area contributed by atoms with Crippen molar-refractivity contribution >= 4 is 108 Å². The predicted octanol–water partition coefficient (Wildman–Crippen LogP) is 0.157. The van der Waals surface area contributed by atoms with Crippen LogP contribution in [-0.4, -0.2) is 41.3 Å². The summed E-state index contributed by atoms with van der Waals surface area (Å²) < 4.78 is 0. The van der Waals surface area contributed by atoms with Gasteiger partial charge in [0.15, 0.2) is 17.4 Å². The summed E-state index contributed by atoms with van der Waals surface area (Å²) in [5.41, 5.74) is 0. The van der Waals surface area contributed by atoms with Crippen LogP contribution in [0.2, 0.25) is 0 Å². The maximum atomic E-state index is 0. The molecule has 0 aromatic carbocycles. The fraction of sp³-hybridized carbons (Fsp3) is 0. The van der Waals surface area contributed by atoms with Crippen LogP contribution in [0.1, 0.15) is 0 Å². The van der Waals surface area contributed by atoms with Gasteiger partial charge in [0, 0.05) is 63.6 Å². The van der Waals surface area contributed by atoms with Gasteiger partial charge in [-0.15, -0.1) is 66.6 Å². The Morgan fingerprint density at radius 1 is 0.700 bits per heavy atom. The second-order valence-corrected chi connectivity index (χ2v) is 0. The molecule has 0 aromatic heterocycles. The monoisotopic (exact) mass is 669 g/mol. The molecule has 0 aromatic rings. The molecule has 10 heteroatoms. The second-order valence-electron chi connectivity index (χ2n) is 0. The molecule has 0 N–H and O–H groups in total. The maximum absolute atomic E-state index is 0. The summed E-state index contributed by atoms with van der Waals surface area (Å²) in [4.78, 5) is 0. The minimum absolute atomic E-state index is 0. The van der Waals surface area contributed by atoms with Crippen LogP contribution < -0.4 is 0 Å². The summed E-state index contributed by atoms with van der Waals surface area (Å²) in [5, 5.41) is 0.